The summed E-state index contributed by atoms with van der Waals surface area (Å²) in [6, 6.07) is 0. The Bertz CT molecular complexity index is 2230. The van der Waals surface area contributed by atoms with Gasteiger partial charge in [0.1, 0.15) is 27.0 Å². The van der Waals surface area contributed by atoms with Crippen molar-refractivity contribution >= 4 is 78.4 Å². The van der Waals surface area contributed by atoms with Gasteiger partial charge in [0.05, 0.1) is 149 Å². The van der Waals surface area contributed by atoms with Gasteiger partial charge in [-0.25, -0.2) is 9.59 Å². The van der Waals surface area contributed by atoms with Crippen molar-refractivity contribution in [3.8, 4) is 0 Å². The summed E-state index contributed by atoms with van der Waals surface area (Å²) in [6.45, 7) is 14.0. The second kappa shape index (κ2) is 38.4. The minimum Gasteiger partial charge on any atom is -0.501 e. The van der Waals surface area contributed by atoms with Crippen molar-refractivity contribution in [1.82, 2.24) is 0 Å². The molecule has 87 heavy (non-hydrogen) atoms. The number of esters is 4. The maximum absolute atomic E-state index is 11.1. The second-order valence-corrected chi connectivity index (χ2v) is 24.0. The largest absolute Gasteiger partial charge is 0.501 e. The van der Waals surface area contributed by atoms with E-state index in [4.69, 9.17) is 92.9 Å². The Balaban J connectivity index is 0.000000180. The smallest absolute Gasteiger partial charge is 0.391 e. The molecule has 13 unspecified atom stereocenters. The van der Waals surface area contributed by atoms with E-state index < -0.39 is 35.2 Å². The van der Waals surface area contributed by atoms with Gasteiger partial charge in [-0.2, -0.15) is 0 Å². The molecule has 13 rings (SSSR count). The lowest BCUT2D eigenvalue weighted by Gasteiger charge is -2.24. The van der Waals surface area contributed by atoms with E-state index in [9.17, 15) is 44.1 Å². The normalized spacial score (nSPS) is 34.4. The van der Waals surface area contributed by atoms with Crippen LogP contribution in [0, 0.1) is 17.8 Å². The second-order valence-electron chi connectivity index (χ2n) is 20.7. The Morgan fingerprint density at radius 2 is 1.14 bits per heavy atom. The predicted molar refractivity (Wildman–Crippen MR) is 304 cm³/mol. The fraction of sp³-hybridized carbons (Fsp3) is 0.786. The van der Waals surface area contributed by atoms with Gasteiger partial charge in [0, 0.05) is 50.5 Å². The van der Waals surface area contributed by atoms with E-state index in [1.165, 1.54) is 26.4 Å². The number of aliphatic hydroxyl groups excluding tert-OH is 5. The maximum atomic E-state index is 11.1. The molecular formula is C56H83Br2ClO28. The molecule has 0 aromatic heterocycles. The van der Waals surface area contributed by atoms with Gasteiger partial charge in [0.25, 0.3) is 5.78 Å². The number of ether oxygens (including phenoxy) is 17. The molecule has 496 valence electrons. The van der Waals surface area contributed by atoms with Crippen LogP contribution in [-0.2, 0) is 109 Å². The topological polar surface area (TPSA) is 360 Å². The molecule has 0 radical (unpaired) electrons. The van der Waals surface area contributed by atoms with Gasteiger partial charge in [0.2, 0.25) is 0 Å². The van der Waals surface area contributed by atoms with Crippen LogP contribution in [0.15, 0.2) is 36.0 Å². The predicted octanol–water partition coefficient (Wildman–Crippen LogP) is 2.18. The minimum atomic E-state index is -1.08. The van der Waals surface area contributed by atoms with Crippen molar-refractivity contribution in [2.75, 3.05) is 106 Å². The third kappa shape index (κ3) is 23.0. The lowest BCUT2D eigenvalue weighted by Crippen LogP contribution is -2.39. The first-order valence-electron chi connectivity index (χ1n) is 28.8. The highest BCUT2D eigenvalue weighted by Crippen LogP contribution is 2.45. The van der Waals surface area contributed by atoms with E-state index in [0.29, 0.717) is 78.1 Å². The molecule has 0 spiro atoms. The number of halogens is 3. The van der Waals surface area contributed by atoms with Crippen molar-refractivity contribution < 1.29 is 135 Å². The third-order valence-electron chi connectivity index (χ3n) is 14.7. The lowest BCUT2D eigenvalue weighted by atomic mass is 10.0. The standard InChI is InChI=1S/C8H11BrO4.C8H12O4.C8H10O4.C6H9BrO3.3C6H10O3.C4H5ClO3.C4H6O/c1-5(10)13-6-4-12-7-8(6,9)2-3-11-7;1-5(9)12-7-4-11-8-6(7)2-3-10-8;1-2-12-8(10)7(9)6-3-4-11-5-6;7-6-1-2-9-5(6)10-3-4(6)8;2*7-5-3-9-6-4(5)1-2-8-6;7-3-6(8)5-1-2-9-4-5;1-2-8-4(7)3(5)6;1-2-4-5-3-1/h6-7H,2-4H2,1H3;6-8H,2-4H2,1H3;5H,2-4H2,1H3;4-5,8H,1-3H2;2*4-7H,1-3H2;4,6-8H,1-3H2;2H2,1H3;1,3H,2,4H2/t;;;;4-,5-,6+;;;;/m....0..../s1. The Labute approximate surface area is 526 Å². The molecule has 13 aliphatic rings. The van der Waals surface area contributed by atoms with Crippen LogP contribution < -0.4 is 0 Å². The molecule has 0 aromatic rings. The zero-order valence-electron chi connectivity index (χ0n) is 49.1. The highest BCUT2D eigenvalue weighted by Gasteiger charge is 2.56. The number of ketones is 1. The summed E-state index contributed by atoms with van der Waals surface area (Å²) in [6.07, 6.45) is 10.6. The molecule has 13 heterocycles. The van der Waals surface area contributed by atoms with E-state index in [-0.39, 0.29) is 114 Å². The minimum absolute atomic E-state index is 0.0880. The number of rotatable bonds is 9. The maximum Gasteiger partial charge on any atom is 0.391 e. The average molecular weight is 1400 g/mol. The summed E-state index contributed by atoms with van der Waals surface area (Å²) in [7, 11) is 0. The van der Waals surface area contributed by atoms with Crippen molar-refractivity contribution in [3.05, 3.63) is 36.0 Å². The first kappa shape index (κ1) is 74.2. The molecule has 0 aliphatic carbocycles. The average Bonchev–Trinajstić information content (AvgIpc) is 2.17. The fourth-order valence-corrected chi connectivity index (χ4v) is 11.2. The summed E-state index contributed by atoms with van der Waals surface area (Å²) in [5.74, 6) is -2.13. The van der Waals surface area contributed by atoms with E-state index in [1.54, 1.807) is 20.1 Å². The van der Waals surface area contributed by atoms with Crippen LogP contribution in [0.2, 0.25) is 0 Å². The Hall–Kier alpha value is -3.51. The molecule has 0 aromatic carbocycles. The number of Topliss-reactive ketones (excluding diaryl/α,β-unsaturated/α-hetero) is 1. The number of carbonyl (C=O) groups excluding carboxylic acids is 6. The van der Waals surface area contributed by atoms with Gasteiger partial charge in [-0.3, -0.25) is 19.2 Å². The highest BCUT2D eigenvalue weighted by molar-refractivity contribution is 9.10. The Morgan fingerprint density at radius 3 is 1.60 bits per heavy atom. The molecule has 5 N–H and O–H groups in total. The molecule has 0 amide bonds. The van der Waals surface area contributed by atoms with Crippen LogP contribution in [0.5, 0.6) is 0 Å². The van der Waals surface area contributed by atoms with Crippen LogP contribution in [0.25, 0.3) is 0 Å². The molecule has 16 atom stereocenters. The summed E-state index contributed by atoms with van der Waals surface area (Å²) < 4.78 is 84.9. The van der Waals surface area contributed by atoms with Crippen molar-refractivity contribution in [2.45, 2.75) is 156 Å². The molecule has 0 bridgehead atoms. The molecule has 13 aliphatic heterocycles. The SMILES string of the molecule is C1=COCC1.CC(=O)OC1COC2OCCC12.CC(=O)OC1COC2OCCC12Br.CCOC(=O)C(=O)C1=COCC1.CCOC(=O)C(=O)Cl.OC1COC2OCCC12.OC1COC2OCCC12Br.OCC(O)C1=COCC1.O[C@H]1CO[C@H]2OCC[C@H]21. The van der Waals surface area contributed by atoms with Crippen LogP contribution in [0.3, 0.4) is 0 Å². The fourth-order valence-electron chi connectivity index (χ4n) is 9.95. The quantitative estimate of drug-likeness (QED) is 0.0726. The highest BCUT2D eigenvalue weighted by atomic mass is 79.9. The molecule has 31 heteroatoms. The number of aliphatic hydroxyl groups is 5. The summed E-state index contributed by atoms with van der Waals surface area (Å²) >= 11 is 11.7. The number of fused-ring (bicyclic) bond motifs is 5. The van der Waals surface area contributed by atoms with E-state index in [1.807, 2.05) is 6.08 Å². The molecule has 10 fully saturated rings. The summed E-state index contributed by atoms with van der Waals surface area (Å²) in [5, 5.41) is 44.1. The van der Waals surface area contributed by atoms with Crippen LogP contribution >= 0.6 is 43.5 Å². The van der Waals surface area contributed by atoms with Crippen molar-refractivity contribution in [2.24, 2.45) is 17.8 Å². The van der Waals surface area contributed by atoms with E-state index in [0.717, 1.165) is 70.3 Å². The molecular weight excluding hydrogens is 1320 g/mol. The van der Waals surface area contributed by atoms with Gasteiger partial charge in [0.15, 0.2) is 31.5 Å². The molecule has 0 saturated carbocycles. The van der Waals surface area contributed by atoms with Crippen LogP contribution in [-0.4, -0.2) is 243 Å². The van der Waals surface area contributed by atoms with Gasteiger partial charge in [-0.05, 0) is 69.2 Å². The van der Waals surface area contributed by atoms with Gasteiger partial charge in [-0.15, -0.1) is 0 Å². The van der Waals surface area contributed by atoms with E-state index in [2.05, 4.69) is 41.3 Å². The first-order valence-corrected chi connectivity index (χ1v) is 30.8. The van der Waals surface area contributed by atoms with Gasteiger partial charge in [-0.1, -0.05) is 31.9 Å². The number of alkyl halides is 2. The van der Waals surface area contributed by atoms with Gasteiger partial charge >= 0.3 is 29.1 Å². The molecule has 10 saturated heterocycles. The lowest BCUT2D eigenvalue weighted by molar-refractivity contribution is -0.151. The van der Waals surface area contributed by atoms with Crippen LogP contribution in [0.1, 0.15) is 79.1 Å². The third-order valence-corrected chi connectivity index (χ3v) is 17.4. The van der Waals surface area contributed by atoms with Crippen molar-refractivity contribution in [3.63, 3.8) is 0 Å². The Kier molecular flexibility index (Phi) is 32.7. The summed E-state index contributed by atoms with van der Waals surface area (Å²) in [4.78, 5) is 63.3. The summed E-state index contributed by atoms with van der Waals surface area (Å²) in [5.41, 5.74) is 1.19. The number of carbonyl (C=O) groups is 6. The Morgan fingerprint density at radius 1 is 0.609 bits per heavy atom. The first-order chi connectivity index (χ1) is 41.7. The molecule has 28 nitrogen and oxygen atoms in total. The monoisotopic (exact) mass is 1400 g/mol. The van der Waals surface area contributed by atoms with Gasteiger partial charge < -0.3 is 106 Å². The van der Waals surface area contributed by atoms with Crippen LogP contribution in [0.4, 0.5) is 0 Å². The van der Waals surface area contributed by atoms with Crippen molar-refractivity contribution in [1.29, 1.82) is 0 Å². The van der Waals surface area contributed by atoms with E-state index >= 15 is 0 Å². The zero-order chi connectivity index (χ0) is 63.5. The number of hydrogen-bond donors (Lipinski definition) is 5. The number of hydrogen-bond acceptors (Lipinski definition) is 28. The zero-order valence-corrected chi connectivity index (χ0v) is 53.1.